The number of aromatic nitrogens is 1. The molecule has 0 amide bonds. The zero-order valence-electron chi connectivity index (χ0n) is 18.7. The predicted molar refractivity (Wildman–Crippen MR) is 135 cm³/mol. The number of hydrogen-bond acceptors (Lipinski definition) is 7. The molecule has 2 N–H and O–H groups in total. The van der Waals surface area contributed by atoms with Crippen LogP contribution in [-0.4, -0.2) is 26.3 Å². The quantitative estimate of drug-likeness (QED) is 0.516. The molecule has 176 valence electrons. The molecule has 0 saturated carbocycles. The summed E-state index contributed by atoms with van der Waals surface area (Å²) in [4.78, 5) is 34.9. The molecule has 6 rings (SSSR count). The Hall–Kier alpha value is -5.12. The van der Waals surface area contributed by atoms with Crippen molar-refractivity contribution < 1.29 is 9.85 Å². The molecule has 1 atom stereocenters. The summed E-state index contributed by atoms with van der Waals surface area (Å²) in [6.07, 6.45) is 15.2. The van der Waals surface area contributed by atoms with Crippen LogP contribution in [0.25, 0.3) is 11.8 Å². The van der Waals surface area contributed by atoms with Crippen molar-refractivity contribution in [1.29, 1.82) is 0 Å². The molecule has 1 aromatic heterocycles. The number of nitrogens with zero attached hydrogens (tertiary/aromatic N) is 4. The molecule has 4 aliphatic rings. The molecule has 8 bridgehead atoms. The van der Waals surface area contributed by atoms with Crippen molar-refractivity contribution in [3.63, 3.8) is 0 Å². The van der Waals surface area contributed by atoms with Gasteiger partial charge in [-0.3, -0.25) is 20.2 Å². The number of hydrogen-bond donors (Lipinski definition) is 2. The van der Waals surface area contributed by atoms with Crippen LogP contribution in [0.4, 0.5) is 5.69 Å². The number of nitro groups is 2. The summed E-state index contributed by atoms with van der Waals surface area (Å²) < 4.78 is 0. The highest BCUT2D eigenvalue weighted by Gasteiger charge is 2.39. The number of fused-ring (bicyclic) bond motifs is 6. The molecule has 36 heavy (non-hydrogen) atoms. The van der Waals surface area contributed by atoms with Gasteiger partial charge in [-0.1, -0.05) is 6.08 Å². The standard InChI is InChI=1S/C26H18N6O4/c33-31(34)22-8-1-16(2-9-22)26-12-11-24(30-26)25(32(35)36)23-10-7-20(29-23)14-18-4-3-17(27-18)13-19-5-6-21(15-26)28-19/h1-11,13-15,29-30H,12H2. The van der Waals surface area contributed by atoms with Crippen molar-refractivity contribution in [2.75, 3.05) is 0 Å². The third-order valence-corrected chi connectivity index (χ3v) is 6.34. The van der Waals surface area contributed by atoms with Crippen LogP contribution in [0.15, 0.2) is 106 Å². The zero-order chi connectivity index (χ0) is 24.9. The average Bonchev–Trinajstić information content (AvgIpc) is 3.65. The van der Waals surface area contributed by atoms with Crippen LogP contribution in [0.3, 0.4) is 0 Å². The van der Waals surface area contributed by atoms with E-state index in [1.165, 1.54) is 12.1 Å². The molecule has 10 nitrogen and oxygen atoms in total. The lowest BCUT2D eigenvalue weighted by Gasteiger charge is -2.28. The molecule has 1 unspecified atom stereocenters. The summed E-state index contributed by atoms with van der Waals surface area (Å²) in [6, 6.07) is 9.62. The summed E-state index contributed by atoms with van der Waals surface area (Å²) in [5.74, 6) is 0. The van der Waals surface area contributed by atoms with Crippen LogP contribution < -0.4 is 16.0 Å². The van der Waals surface area contributed by atoms with E-state index in [1.807, 2.05) is 42.5 Å². The lowest BCUT2D eigenvalue weighted by Crippen LogP contribution is -2.37. The Balaban J connectivity index is 1.56. The third kappa shape index (κ3) is 3.70. The van der Waals surface area contributed by atoms with Gasteiger partial charge in [-0.2, -0.15) is 0 Å². The summed E-state index contributed by atoms with van der Waals surface area (Å²) in [5.41, 5.74) is 2.90. The topological polar surface area (TPSA) is 139 Å². The predicted octanol–water partition coefficient (Wildman–Crippen LogP) is 2.66. The fraction of sp³-hybridized carbons (Fsp3) is 0.0769. The molecular formula is C26H18N6O4. The molecule has 5 heterocycles. The smallest absolute Gasteiger partial charge is 0.315 e. The molecule has 10 heteroatoms. The van der Waals surface area contributed by atoms with Crippen LogP contribution in [0.5, 0.6) is 0 Å². The van der Waals surface area contributed by atoms with Gasteiger partial charge in [-0.15, -0.1) is 0 Å². The molecule has 0 aliphatic carbocycles. The van der Waals surface area contributed by atoms with Gasteiger partial charge in [0.05, 0.1) is 38.2 Å². The fourth-order valence-electron chi connectivity index (χ4n) is 4.66. The van der Waals surface area contributed by atoms with Gasteiger partial charge in [-0.25, -0.2) is 9.98 Å². The van der Waals surface area contributed by atoms with E-state index in [0.29, 0.717) is 28.5 Å². The Kier molecular flexibility index (Phi) is 4.75. The van der Waals surface area contributed by atoms with Crippen molar-refractivity contribution in [2.24, 2.45) is 9.98 Å². The maximum Gasteiger partial charge on any atom is 0.315 e. The first kappa shape index (κ1) is 21.4. The van der Waals surface area contributed by atoms with Gasteiger partial charge in [0.15, 0.2) is 0 Å². The van der Waals surface area contributed by atoms with E-state index in [4.69, 9.17) is 4.99 Å². The SMILES string of the molecule is O=[N+]([O-])C1=c2ccc([nH]2)=CC2=NC(=CC3=NC(=CC4(c5ccc([N+](=O)[O-])cc5)CC=C1N4)C=C3)C=C2. The highest BCUT2D eigenvalue weighted by molar-refractivity contribution is 6.19. The third-order valence-electron chi connectivity index (χ3n) is 6.34. The van der Waals surface area contributed by atoms with Gasteiger partial charge in [0.25, 0.3) is 5.69 Å². The van der Waals surface area contributed by atoms with Crippen molar-refractivity contribution in [2.45, 2.75) is 12.0 Å². The number of benzene rings is 1. The van der Waals surface area contributed by atoms with Crippen LogP contribution in [0.1, 0.15) is 12.0 Å². The Bertz CT molecular complexity index is 1680. The van der Waals surface area contributed by atoms with Crippen molar-refractivity contribution in [3.05, 3.63) is 133 Å². The monoisotopic (exact) mass is 478 g/mol. The molecule has 0 saturated heterocycles. The Morgan fingerprint density at radius 1 is 0.833 bits per heavy atom. The second-order valence-corrected chi connectivity index (χ2v) is 8.68. The van der Waals surface area contributed by atoms with E-state index >= 15 is 0 Å². The summed E-state index contributed by atoms with van der Waals surface area (Å²) in [7, 11) is 0. The van der Waals surface area contributed by atoms with Gasteiger partial charge in [0, 0.05) is 17.5 Å². The van der Waals surface area contributed by atoms with E-state index in [9.17, 15) is 20.2 Å². The number of nitrogens with one attached hydrogen (secondary N) is 2. The fourth-order valence-corrected chi connectivity index (χ4v) is 4.66. The molecular weight excluding hydrogens is 460 g/mol. The number of H-pyrrole nitrogens is 1. The lowest BCUT2D eigenvalue weighted by atomic mass is 9.87. The maximum atomic E-state index is 12.2. The van der Waals surface area contributed by atoms with E-state index in [1.54, 1.807) is 30.3 Å². The molecule has 2 aromatic rings. The lowest BCUT2D eigenvalue weighted by molar-refractivity contribution is -0.384. The minimum absolute atomic E-state index is 0.0351. The van der Waals surface area contributed by atoms with E-state index < -0.39 is 15.4 Å². The second kappa shape index (κ2) is 7.98. The first-order valence-corrected chi connectivity index (χ1v) is 11.2. The summed E-state index contributed by atoms with van der Waals surface area (Å²) in [5, 5.41) is 27.8. The van der Waals surface area contributed by atoms with Crippen molar-refractivity contribution in [1.82, 2.24) is 10.3 Å². The van der Waals surface area contributed by atoms with Crippen LogP contribution in [0, 0.1) is 20.2 Å². The molecule has 0 radical (unpaired) electrons. The number of aromatic amines is 1. The summed E-state index contributed by atoms with van der Waals surface area (Å²) in [6.45, 7) is 0. The first-order chi connectivity index (χ1) is 17.4. The molecule has 0 fully saturated rings. The molecule has 4 aliphatic heterocycles. The highest BCUT2D eigenvalue weighted by Crippen LogP contribution is 2.38. The van der Waals surface area contributed by atoms with Crippen molar-refractivity contribution in [3.8, 4) is 0 Å². The molecule has 1 aromatic carbocycles. The Morgan fingerprint density at radius 2 is 1.56 bits per heavy atom. The van der Waals surface area contributed by atoms with Gasteiger partial charge in [0.1, 0.15) is 11.0 Å². The Morgan fingerprint density at radius 3 is 2.31 bits per heavy atom. The van der Waals surface area contributed by atoms with Gasteiger partial charge in [0.2, 0.25) is 0 Å². The normalized spacial score (nSPS) is 21.7. The average molecular weight is 478 g/mol. The van der Waals surface area contributed by atoms with Gasteiger partial charge >= 0.3 is 5.70 Å². The number of non-ortho nitro benzene ring substituents is 1. The van der Waals surface area contributed by atoms with Crippen LogP contribution in [0.2, 0.25) is 0 Å². The van der Waals surface area contributed by atoms with Gasteiger partial charge < -0.3 is 10.3 Å². The maximum absolute atomic E-state index is 12.2. The number of rotatable bonds is 3. The van der Waals surface area contributed by atoms with E-state index in [2.05, 4.69) is 15.3 Å². The van der Waals surface area contributed by atoms with E-state index in [-0.39, 0.29) is 11.4 Å². The molecule has 0 spiro atoms. The van der Waals surface area contributed by atoms with Gasteiger partial charge in [-0.05, 0) is 78.8 Å². The number of aliphatic imine (C=N–C) groups is 2. The minimum Gasteiger partial charge on any atom is -0.366 e. The largest absolute Gasteiger partial charge is 0.366 e. The highest BCUT2D eigenvalue weighted by atomic mass is 16.6. The zero-order valence-corrected chi connectivity index (χ0v) is 18.7. The van der Waals surface area contributed by atoms with E-state index in [0.717, 1.165) is 22.7 Å². The number of allylic oxidation sites excluding steroid dienone is 5. The number of nitro benzene ring substituents is 1. The van der Waals surface area contributed by atoms with Crippen LogP contribution in [-0.2, 0) is 5.54 Å². The second-order valence-electron chi connectivity index (χ2n) is 8.68. The Labute approximate surface area is 203 Å². The first-order valence-electron chi connectivity index (χ1n) is 11.2. The van der Waals surface area contributed by atoms with Crippen LogP contribution >= 0.6 is 0 Å². The minimum atomic E-state index is -0.894. The summed E-state index contributed by atoms with van der Waals surface area (Å²) >= 11 is 0. The van der Waals surface area contributed by atoms with Crippen molar-refractivity contribution >= 4 is 28.9 Å².